The van der Waals surface area contributed by atoms with Crippen molar-refractivity contribution in [1.82, 2.24) is 14.6 Å². The Bertz CT molecular complexity index is 717. The highest BCUT2D eigenvalue weighted by molar-refractivity contribution is 5.95. The SMILES string of the molecule is CC1(C)[C@@H]2CC[C@@]1(C)C(=O)[C@H]2c1nnc2ccccn12. The van der Waals surface area contributed by atoms with E-state index in [1.54, 1.807) is 0 Å². The molecular formula is C16H19N3O. The highest BCUT2D eigenvalue weighted by Crippen LogP contribution is 2.67. The molecule has 2 saturated carbocycles. The quantitative estimate of drug-likeness (QED) is 0.799. The molecule has 2 aliphatic carbocycles. The summed E-state index contributed by atoms with van der Waals surface area (Å²) in [5, 5.41) is 8.55. The van der Waals surface area contributed by atoms with Crippen molar-refractivity contribution in [3.05, 3.63) is 30.2 Å². The summed E-state index contributed by atoms with van der Waals surface area (Å²) in [6.45, 7) is 6.62. The Balaban J connectivity index is 1.90. The molecule has 20 heavy (non-hydrogen) atoms. The smallest absolute Gasteiger partial charge is 0.160 e. The highest BCUT2D eigenvalue weighted by Gasteiger charge is 2.67. The van der Waals surface area contributed by atoms with E-state index in [4.69, 9.17) is 0 Å². The molecular weight excluding hydrogens is 250 g/mol. The van der Waals surface area contributed by atoms with Crippen molar-refractivity contribution in [1.29, 1.82) is 0 Å². The molecule has 0 spiro atoms. The maximum atomic E-state index is 13.0. The van der Waals surface area contributed by atoms with E-state index in [-0.39, 0.29) is 16.7 Å². The number of nitrogens with zero attached hydrogens (tertiary/aromatic N) is 3. The van der Waals surface area contributed by atoms with E-state index in [0.717, 1.165) is 24.3 Å². The van der Waals surface area contributed by atoms with Gasteiger partial charge in [-0.3, -0.25) is 9.20 Å². The van der Waals surface area contributed by atoms with Gasteiger partial charge in [-0.25, -0.2) is 0 Å². The van der Waals surface area contributed by atoms with Gasteiger partial charge in [-0.2, -0.15) is 0 Å². The van der Waals surface area contributed by atoms with E-state index in [0.29, 0.717) is 11.7 Å². The Morgan fingerprint density at radius 3 is 2.75 bits per heavy atom. The van der Waals surface area contributed by atoms with Gasteiger partial charge in [-0.05, 0) is 36.3 Å². The Morgan fingerprint density at radius 1 is 1.25 bits per heavy atom. The second kappa shape index (κ2) is 3.48. The fourth-order valence-corrected chi connectivity index (χ4v) is 4.46. The monoisotopic (exact) mass is 269 g/mol. The molecule has 0 aliphatic heterocycles. The minimum Gasteiger partial charge on any atom is -0.298 e. The van der Waals surface area contributed by atoms with E-state index in [9.17, 15) is 4.79 Å². The molecule has 2 fully saturated rings. The number of Topliss-reactive ketones (excluding diaryl/α,β-unsaturated/α-hetero) is 1. The largest absolute Gasteiger partial charge is 0.298 e. The van der Waals surface area contributed by atoms with Crippen LogP contribution < -0.4 is 0 Å². The van der Waals surface area contributed by atoms with Crippen LogP contribution >= 0.6 is 0 Å². The van der Waals surface area contributed by atoms with Crippen LogP contribution in [0.15, 0.2) is 24.4 Å². The van der Waals surface area contributed by atoms with Gasteiger partial charge in [-0.1, -0.05) is 26.8 Å². The van der Waals surface area contributed by atoms with Gasteiger partial charge in [0.1, 0.15) is 11.6 Å². The van der Waals surface area contributed by atoms with Crippen LogP contribution in [0.2, 0.25) is 0 Å². The Morgan fingerprint density at radius 2 is 2.05 bits per heavy atom. The maximum Gasteiger partial charge on any atom is 0.160 e. The molecule has 0 unspecified atom stereocenters. The van der Waals surface area contributed by atoms with Gasteiger partial charge in [0.2, 0.25) is 0 Å². The van der Waals surface area contributed by atoms with E-state index >= 15 is 0 Å². The van der Waals surface area contributed by atoms with E-state index in [1.807, 2.05) is 28.8 Å². The summed E-state index contributed by atoms with van der Waals surface area (Å²) in [5.74, 6) is 1.47. The summed E-state index contributed by atoms with van der Waals surface area (Å²) in [6.07, 6.45) is 4.08. The van der Waals surface area contributed by atoms with Gasteiger partial charge < -0.3 is 0 Å². The van der Waals surface area contributed by atoms with Gasteiger partial charge in [0.15, 0.2) is 5.65 Å². The van der Waals surface area contributed by atoms with Gasteiger partial charge in [-0.15, -0.1) is 10.2 Å². The fourth-order valence-electron chi connectivity index (χ4n) is 4.46. The molecule has 2 aromatic rings. The first-order valence-electron chi connectivity index (χ1n) is 7.31. The summed E-state index contributed by atoms with van der Waals surface area (Å²) >= 11 is 0. The van der Waals surface area contributed by atoms with Gasteiger partial charge >= 0.3 is 0 Å². The van der Waals surface area contributed by atoms with Crippen molar-refractivity contribution in [3.8, 4) is 0 Å². The lowest BCUT2D eigenvalue weighted by Gasteiger charge is -2.32. The predicted octanol–water partition coefficient (Wildman–Crippen LogP) is 2.84. The van der Waals surface area contributed by atoms with Crippen LogP contribution in [0.1, 0.15) is 45.4 Å². The van der Waals surface area contributed by atoms with E-state index in [2.05, 4.69) is 31.0 Å². The first-order valence-corrected chi connectivity index (χ1v) is 7.31. The van der Waals surface area contributed by atoms with Crippen molar-refractivity contribution in [2.24, 2.45) is 16.7 Å². The molecule has 4 heteroatoms. The maximum absolute atomic E-state index is 13.0. The van der Waals surface area contributed by atoms with Crippen molar-refractivity contribution >= 4 is 11.4 Å². The van der Waals surface area contributed by atoms with E-state index < -0.39 is 0 Å². The molecule has 2 bridgehead atoms. The number of hydrogen-bond donors (Lipinski definition) is 0. The number of pyridine rings is 1. The zero-order valence-corrected chi connectivity index (χ0v) is 12.1. The molecule has 4 rings (SSSR count). The average Bonchev–Trinajstić information content (AvgIpc) is 2.98. The van der Waals surface area contributed by atoms with Crippen molar-refractivity contribution < 1.29 is 4.79 Å². The standard InChI is InChI=1S/C16H19N3O/c1-15(2)10-7-8-16(15,3)13(20)12(10)14-18-17-11-6-4-5-9-19(11)14/h4-6,9-10,12H,7-8H2,1-3H3/t10-,12+,16+/m1/s1. The summed E-state index contributed by atoms with van der Waals surface area (Å²) in [6, 6.07) is 5.84. The molecule has 0 aromatic carbocycles. The molecule has 4 nitrogen and oxygen atoms in total. The highest BCUT2D eigenvalue weighted by atomic mass is 16.1. The predicted molar refractivity (Wildman–Crippen MR) is 75.3 cm³/mol. The van der Waals surface area contributed by atoms with Gasteiger partial charge in [0.25, 0.3) is 0 Å². The summed E-state index contributed by atoms with van der Waals surface area (Å²) in [7, 11) is 0. The molecule has 2 aliphatic rings. The molecule has 0 saturated heterocycles. The van der Waals surface area contributed by atoms with Crippen LogP contribution in [0.25, 0.3) is 5.65 Å². The topological polar surface area (TPSA) is 47.3 Å². The summed E-state index contributed by atoms with van der Waals surface area (Å²) in [4.78, 5) is 13.0. The van der Waals surface area contributed by atoms with Crippen LogP contribution in [0.4, 0.5) is 0 Å². The third-order valence-electron chi connectivity index (χ3n) is 6.15. The van der Waals surface area contributed by atoms with Crippen LogP contribution in [0.5, 0.6) is 0 Å². The number of aromatic nitrogens is 3. The summed E-state index contributed by atoms with van der Waals surface area (Å²) < 4.78 is 1.97. The van der Waals surface area contributed by atoms with Gasteiger partial charge in [0, 0.05) is 11.6 Å². The number of carbonyl (C=O) groups is 1. The lowest BCUT2D eigenvalue weighted by molar-refractivity contribution is -0.129. The van der Waals surface area contributed by atoms with Gasteiger partial charge in [0.05, 0.1) is 5.92 Å². The number of carbonyl (C=O) groups excluding carboxylic acids is 1. The first kappa shape index (κ1) is 12.1. The molecule has 0 N–H and O–H groups in total. The van der Waals surface area contributed by atoms with Crippen LogP contribution in [-0.4, -0.2) is 20.4 Å². The molecule has 0 amide bonds. The first-order chi connectivity index (χ1) is 9.47. The average molecular weight is 269 g/mol. The minimum absolute atomic E-state index is 0.0510. The number of hydrogen-bond acceptors (Lipinski definition) is 3. The Kier molecular flexibility index (Phi) is 2.10. The number of rotatable bonds is 1. The third-order valence-corrected chi connectivity index (χ3v) is 6.15. The molecule has 0 radical (unpaired) electrons. The Hall–Kier alpha value is -1.71. The van der Waals surface area contributed by atoms with Crippen LogP contribution in [0, 0.1) is 16.7 Å². The lowest BCUT2D eigenvalue weighted by Crippen LogP contribution is -2.33. The van der Waals surface area contributed by atoms with Crippen molar-refractivity contribution in [2.45, 2.75) is 39.5 Å². The zero-order valence-electron chi connectivity index (χ0n) is 12.1. The fraction of sp³-hybridized carbons (Fsp3) is 0.562. The zero-order chi connectivity index (χ0) is 14.1. The van der Waals surface area contributed by atoms with E-state index in [1.165, 1.54) is 0 Å². The molecule has 2 aromatic heterocycles. The molecule has 2 heterocycles. The van der Waals surface area contributed by atoms with Crippen molar-refractivity contribution in [3.63, 3.8) is 0 Å². The van der Waals surface area contributed by atoms with Crippen LogP contribution in [0.3, 0.4) is 0 Å². The lowest BCUT2D eigenvalue weighted by atomic mass is 9.70. The number of fused-ring (bicyclic) bond motifs is 3. The normalized spacial score (nSPS) is 35.0. The van der Waals surface area contributed by atoms with Crippen molar-refractivity contribution in [2.75, 3.05) is 0 Å². The Labute approximate surface area is 118 Å². The second-order valence-corrected chi connectivity index (χ2v) is 7.03. The van der Waals surface area contributed by atoms with Crippen LogP contribution in [-0.2, 0) is 4.79 Å². The minimum atomic E-state index is -0.205. The second-order valence-electron chi connectivity index (χ2n) is 7.03. The molecule has 3 atom stereocenters. The number of ketones is 1. The molecule has 104 valence electrons. The summed E-state index contributed by atoms with van der Waals surface area (Å²) in [5.41, 5.74) is 0.666. The third kappa shape index (κ3) is 1.16.